The number of aromatic nitrogens is 3. The quantitative estimate of drug-likeness (QED) is 0.785. The fraction of sp³-hybridized carbons (Fsp3) is 0.800. The molecule has 0 amide bonds. The van der Waals surface area contributed by atoms with E-state index in [0.717, 1.165) is 30.7 Å². The van der Waals surface area contributed by atoms with Crippen LogP contribution in [-0.4, -0.2) is 28.4 Å². The predicted molar refractivity (Wildman–Crippen MR) is 54.2 cm³/mol. The second-order valence-electron chi connectivity index (χ2n) is 4.33. The lowest BCUT2D eigenvalue weighted by molar-refractivity contribution is 0.172. The van der Waals surface area contributed by atoms with E-state index in [-0.39, 0.29) is 0 Å². The summed E-state index contributed by atoms with van der Waals surface area (Å²) in [5.41, 5.74) is 0. The molecule has 5 nitrogen and oxygen atoms in total. The van der Waals surface area contributed by atoms with Crippen molar-refractivity contribution in [1.82, 2.24) is 20.1 Å². The Labute approximate surface area is 88.8 Å². The van der Waals surface area contributed by atoms with Crippen LogP contribution in [0.25, 0.3) is 0 Å². The van der Waals surface area contributed by atoms with Gasteiger partial charge in [-0.3, -0.25) is 0 Å². The molecule has 1 saturated carbocycles. The van der Waals surface area contributed by atoms with Crippen molar-refractivity contribution in [3.63, 3.8) is 0 Å². The third-order valence-electron chi connectivity index (χ3n) is 3.20. The molecule has 1 unspecified atom stereocenters. The van der Waals surface area contributed by atoms with Crippen molar-refractivity contribution in [2.75, 3.05) is 13.7 Å². The highest BCUT2D eigenvalue weighted by atomic mass is 16.5. The van der Waals surface area contributed by atoms with E-state index in [1.54, 1.807) is 7.11 Å². The van der Waals surface area contributed by atoms with Crippen LogP contribution in [0.2, 0.25) is 0 Å². The van der Waals surface area contributed by atoms with Crippen LogP contribution in [0.4, 0.5) is 0 Å². The summed E-state index contributed by atoms with van der Waals surface area (Å²) < 4.78 is 7.33. The second kappa shape index (κ2) is 3.57. The molecule has 2 heterocycles. The van der Waals surface area contributed by atoms with E-state index in [1.807, 2.05) is 0 Å². The van der Waals surface area contributed by atoms with Gasteiger partial charge in [-0.1, -0.05) is 0 Å². The van der Waals surface area contributed by atoms with Crippen molar-refractivity contribution in [1.29, 1.82) is 0 Å². The van der Waals surface area contributed by atoms with Crippen molar-refractivity contribution in [3.05, 3.63) is 11.6 Å². The first-order valence-electron chi connectivity index (χ1n) is 5.54. The number of nitrogens with one attached hydrogen (secondary N) is 1. The maximum absolute atomic E-state index is 5.12. The zero-order chi connectivity index (χ0) is 10.3. The summed E-state index contributed by atoms with van der Waals surface area (Å²) in [6.45, 7) is 2.54. The van der Waals surface area contributed by atoms with E-state index in [9.17, 15) is 0 Å². The Morgan fingerprint density at radius 1 is 1.47 bits per heavy atom. The summed E-state index contributed by atoms with van der Waals surface area (Å²) in [7, 11) is 1.70. The molecule has 5 heteroatoms. The summed E-state index contributed by atoms with van der Waals surface area (Å²) in [6, 6.07) is 0.428. The predicted octanol–water partition coefficient (Wildman–Crippen LogP) is 0.479. The maximum Gasteiger partial charge on any atom is 0.159 e. The normalized spacial score (nSPS) is 25.3. The minimum absolute atomic E-state index is 0.428. The summed E-state index contributed by atoms with van der Waals surface area (Å²) in [6.07, 6.45) is 2.65. The molecule has 1 atom stereocenters. The molecular weight excluding hydrogens is 192 g/mol. The highest BCUT2D eigenvalue weighted by Crippen LogP contribution is 2.41. The molecule has 0 spiro atoms. The van der Waals surface area contributed by atoms with Crippen LogP contribution in [0.1, 0.15) is 30.5 Å². The van der Waals surface area contributed by atoms with Gasteiger partial charge in [0.2, 0.25) is 0 Å². The number of methoxy groups -OCH3 is 1. The molecule has 82 valence electrons. The third-order valence-corrected chi connectivity index (χ3v) is 3.20. The van der Waals surface area contributed by atoms with E-state index in [2.05, 4.69) is 20.1 Å². The summed E-state index contributed by atoms with van der Waals surface area (Å²) in [5, 5.41) is 12.0. The minimum Gasteiger partial charge on any atom is -0.377 e. The van der Waals surface area contributed by atoms with Gasteiger partial charge in [0.05, 0.1) is 6.04 Å². The van der Waals surface area contributed by atoms with Crippen LogP contribution in [-0.2, 0) is 17.9 Å². The number of nitrogens with zero attached hydrogens (tertiary/aromatic N) is 3. The first kappa shape index (κ1) is 9.30. The molecule has 1 N–H and O–H groups in total. The zero-order valence-corrected chi connectivity index (χ0v) is 8.94. The summed E-state index contributed by atoms with van der Waals surface area (Å²) in [5.74, 6) is 2.85. The summed E-state index contributed by atoms with van der Waals surface area (Å²) >= 11 is 0. The maximum atomic E-state index is 5.12. The highest BCUT2D eigenvalue weighted by Gasteiger charge is 2.37. The fourth-order valence-corrected chi connectivity index (χ4v) is 2.29. The van der Waals surface area contributed by atoms with Gasteiger partial charge in [0, 0.05) is 20.2 Å². The van der Waals surface area contributed by atoms with E-state index in [4.69, 9.17) is 4.74 Å². The van der Waals surface area contributed by atoms with Gasteiger partial charge in [-0.25, -0.2) is 0 Å². The molecule has 0 bridgehead atoms. The van der Waals surface area contributed by atoms with Gasteiger partial charge in [-0.05, 0) is 18.8 Å². The Morgan fingerprint density at radius 2 is 2.33 bits per heavy atom. The molecule has 2 aliphatic rings. The average molecular weight is 208 g/mol. The molecule has 1 aromatic heterocycles. The lowest BCUT2D eigenvalue weighted by Crippen LogP contribution is -2.35. The van der Waals surface area contributed by atoms with Gasteiger partial charge in [0.1, 0.15) is 6.61 Å². The molecule has 1 aliphatic heterocycles. The van der Waals surface area contributed by atoms with Crippen molar-refractivity contribution in [2.45, 2.75) is 32.0 Å². The molecular formula is C10H16N4O. The van der Waals surface area contributed by atoms with E-state index < -0.39 is 0 Å². The van der Waals surface area contributed by atoms with Gasteiger partial charge in [-0.2, -0.15) is 0 Å². The Hall–Kier alpha value is -0.940. The molecule has 1 aliphatic carbocycles. The number of hydrogen-bond acceptors (Lipinski definition) is 4. The number of rotatable bonds is 3. The average Bonchev–Trinajstić information content (AvgIpc) is 3.02. The molecule has 3 rings (SSSR count). The first-order valence-corrected chi connectivity index (χ1v) is 5.54. The van der Waals surface area contributed by atoms with Crippen LogP contribution >= 0.6 is 0 Å². The molecule has 15 heavy (non-hydrogen) atoms. The second-order valence-corrected chi connectivity index (χ2v) is 4.33. The van der Waals surface area contributed by atoms with Gasteiger partial charge >= 0.3 is 0 Å². The van der Waals surface area contributed by atoms with Crippen molar-refractivity contribution in [3.8, 4) is 0 Å². The SMILES string of the molecule is COCc1nnc2n1CCNC2C1CC1. The zero-order valence-electron chi connectivity index (χ0n) is 8.94. The highest BCUT2D eigenvalue weighted by molar-refractivity contribution is 5.08. The van der Waals surface area contributed by atoms with Gasteiger partial charge in [0.25, 0.3) is 0 Å². The Kier molecular flexibility index (Phi) is 2.21. The Balaban J connectivity index is 1.91. The monoisotopic (exact) mass is 208 g/mol. The number of ether oxygens (including phenoxy) is 1. The smallest absolute Gasteiger partial charge is 0.159 e. The molecule has 1 fully saturated rings. The van der Waals surface area contributed by atoms with E-state index in [0.29, 0.717) is 12.6 Å². The Morgan fingerprint density at radius 3 is 3.07 bits per heavy atom. The molecule has 1 aromatic rings. The number of fused-ring (bicyclic) bond motifs is 1. The number of hydrogen-bond donors (Lipinski definition) is 1. The van der Waals surface area contributed by atoms with Crippen LogP contribution in [0, 0.1) is 5.92 Å². The largest absolute Gasteiger partial charge is 0.377 e. The topological polar surface area (TPSA) is 52.0 Å². The van der Waals surface area contributed by atoms with E-state index in [1.165, 1.54) is 12.8 Å². The Bertz CT molecular complexity index is 358. The third kappa shape index (κ3) is 1.55. The lowest BCUT2D eigenvalue weighted by atomic mass is 10.1. The lowest BCUT2D eigenvalue weighted by Gasteiger charge is -2.24. The first-order chi connectivity index (χ1) is 7.40. The van der Waals surface area contributed by atoms with Crippen molar-refractivity contribution < 1.29 is 4.74 Å². The fourth-order valence-electron chi connectivity index (χ4n) is 2.29. The minimum atomic E-state index is 0.428. The molecule has 0 aromatic carbocycles. The summed E-state index contributed by atoms with van der Waals surface area (Å²) in [4.78, 5) is 0. The van der Waals surface area contributed by atoms with Crippen LogP contribution in [0.15, 0.2) is 0 Å². The van der Waals surface area contributed by atoms with Crippen LogP contribution in [0.5, 0.6) is 0 Å². The van der Waals surface area contributed by atoms with Crippen molar-refractivity contribution in [2.24, 2.45) is 5.92 Å². The van der Waals surface area contributed by atoms with Gasteiger partial charge < -0.3 is 14.6 Å². The van der Waals surface area contributed by atoms with Crippen LogP contribution < -0.4 is 5.32 Å². The van der Waals surface area contributed by atoms with E-state index >= 15 is 0 Å². The van der Waals surface area contributed by atoms with Gasteiger partial charge in [-0.15, -0.1) is 10.2 Å². The molecule has 0 saturated heterocycles. The van der Waals surface area contributed by atoms with Crippen molar-refractivity contribution >= 4 is 0 Å². The van der Waals surface area contributed by atoms with Gasteiger partial charge in [0.15, 0.2) is 11.6 Å². The molecule has 0 radical (unpaired) electrons. The van der Waals surface area contributed by atoms with Crippen LogP contribution in [0.3, 0.4) is 0 Å². The standard InChI is InChI=1S/C10H16N4O/c1-15-6-8-12-13-10-9(7-2-3-7)11-4-5-14(8)10/h7,9,11H,2-6H2,1H3.